The third-order valence-electron chi connectivity index (χ3n) is 2.35. The van der Waals surface area contributed by atoms with Gasteiger partial charge in [-0.05, 0) is 48.5 Å². The molecule has 6 nitrogen and oxygen atoms in total. The number of hydrogen-bond acceptors (Lipinski definition) is 7. The van der Waals surface area contributed by atoms with Gasteiger partial charge in [0.05, 0.1) is 5.69 Å². The molecule has 0 radical (unpaired) electrons. The second kappa shape index (κ2) is 5.91. The minimum atomic E-state index is -0.444. The van der Waals surface area contributed by atoms with Gasteiger partial charge in [-0.15, -0.1) is 5.23 Å². The van der Waals surface area contributed by atoms with Gasteiger partial charge in [0.2, 0.25) is 0 Å². The molecule has 0 aromatic heterocycles. The van der Waals surface area contributed by atoms with Gasteiger partial charge in [-0.3, -0.25) is 10.4 Å². The zero-order valence-electron chi connectivity index (χ0n) is 9.63. The van der Waals surface area contributed by atoms with E-state index in [9.17, 15) is 10.4 Å². The van der Waals surface area contributed by atoms with Gasteiger partial charge in [0.15, 0.2) is 0 Å². The Morgan fingerprint density at radius 2 is 1.16 bits per heavy atom. The van der Waals surface area contributed by atoms with Crippen LogP contribution in [0.1, 0.15) is 0 Å². The summed E-state index contributed by atoms with van der Waals surface area (Å²) in [5.74, 6) is 0. The molecule has 7 heteroatoms. The van der Waals surface area contributed by atoms with Gasteiger partial charge in [0.1, 0.15) is 0 Å². The van der Waals surface area contributed by atoms with Gasteiger partial charge in [0.25, 0.3) is 0 Å². The summed E-state index contributed by atoms with van der Waals surface area (Å²) in [6.45, 7) is 0. The molecule has 0 aliphatic rings. The molecule has 100 valence electrons. The van der Waals surface area contributed by atoms with Crippen molar-refractivity contribution in [2.75, 3.05) is 10.5 Å². The van der Waals surface area contributed by atoms with Crippen molar-refractivity contribution in [1.29, 1.82) is 0 Å². The van der Waals surface area contributed by atoms with Crippen LogP contribution < -0.4 is 10.5 Å². The summed E-state index contributed by atoms with van der Waals surface area (Å²) in [6, 6.07) is 12.8. The highest BCUT2D eigenvalue weighted by atomic mass is 32.2. The molecule has 0 saturated heterocycles. The van der Waals surface area contributed by atoms with E-state index in [2.05, 4.69) is 0 Å². The fourth-order valence-electron chi connectivity index (χ4n) is 1.42. The summed E-state index contributed by atoms with van der Waals surface area (Å²) < 4.78 is 0. The molecule has 19 heavy (non-hydrogen) atoms. The van der Waals surface area contributed by atoms with Gasteiger partial charge < -0.3 is 15.6 Å². The average molecular weight is 278 g/mol. The van der Waals surface area contributed by atoms with Crippen LogP contribution in [-0.2, 0) is 0 Å². The normalized spacial score (nSPS) is 10.3. The van der Waals surface area contributed by atoms with Crippen molar-refractivity contribution in [1.82, 2.24) is 0 Å². The maximum absolute atomic E-state index is 10.5. The van der Waals surface area contributed by atoms with Gasteiger partial charge in [-0.2, -0.15) is 0 Å². The molecule has 0 unspecified atom stereocenters. The van der Waals surface area contributed by atoms with Gasteiger partial charge in [-0.1, -0.05) is 11.8 Å². The SMILES string of the molecule is [O-]N([O-])c1ccc(Sc2ccc(N(O)O)cc2)cc1. The first-order valence-corrected chi connectivity index (χ1v) is 6.08. The maximum atomic E-state index is 10.5. The average Bonchev–Trinajstić information content (AvgIpc) is 2.40. The summed E-state index contributed by atoms with van der Waals surface area (Å²) in [6.07, 6.45) is 0. The minimum absolute atomic E-state index is 0.0420. The molecular formula is C12H10N2O4S-2. The lowest BCUT2D eigenvalue weighted by Crippen LogP contribution is -2.10. The fourth-order valence-corrected chi connectivity index (χ4v) is 2.24. The van der Waals surface area contributed by atoms with Crippen molar-refractivity contribution >= 4 is 23.1 Å². The summed E-state index contributed by atoms with van der Waals surface area (Å²) in [5, 5.41) is 38.2. The lowest BCUT2D eigenvalue weighted by molar-refractivity contribution is 0.0291. The molecule has 0 amide bonds. The van der Waals surface area contributed by atoms with Crippen LogP contribution in [-0.4, -0.2) is 10.4 Å². The third kappa shape index (κ3) is 3.60. The standard InChI is InChI=1S/C12H10N2O4S/c15-13(16)9-1-5-11(6-2-9)19-12-7-3-10(4-8-12)14(17)18/h1-8,15-16H/q-2. The highest BCUT2D eigenvalue weighted by Gasteiger charge is 2.01. The molecule has 0 bridgehead atoms. The van der Waals surface area contributed by atoms with E-state index in [1.807, 2.05) is 0 Å². The van der Waals surface area contributed by atoms with E-state index in [0.717, 1.165) is 9.79 Å². The monoisotopic (exact) mass is 278 g/mol. The molecule has 0 heterocycles. The highest BCUT2D eigenvalue weighted by Crippen LogP contribution is 2.30. The number of benzene rings is 2. The fraction of sp³-hybridized carbons (Fsp3) is 0. The maximum Gasteiger partial charge on any atom is 0.0943 e. The van der Waals surface area contributed by atoms with Crippen LogP contribution in [0.25, 0.3) is 0 Å². The Morgan fingerprint density at radius 1 is 0.737 bits per heavy atom. The Labute approximate surface area is 113 Å². The molecule has 2 N–H and O–H groups in total. The Kier molecular flexibility index (Phi) is 4.25. The quantitative estimate of drug-likeness (QED) is 0.829. The Morgan fingerprint density at radius 3 is 1.53 bits per heavy atom. The molecule has 2 rings (SSSR count). The van der Waals surface area contributed by atoms with E-state index in [4.69, 9.17) is 10.4 Å². The van der Waals surface area contributed by atoms with Crippen LogP contribution in [0.3, 0.4) is 0 Å². The van der Waals surface area contributed by atoms with E-state index in [1.54, 1.807) is 36.4 Å². The predicted octanol–water partition coefficient (Wildman–Crippen LogP) is 3.22. The van der Waals surface area contributed by atoms with E-state index in [-0.39, 0.29) is 16.6 Å². The zero-order chi connectivity index (χ0) is 13.8. The van der Waals surface area contributed by atoms with Crippen molar-refractivity contribution in [3.05, 3.63) is 58.9 Å². The van der Waals surface area contributed by atoms with Crippen molar-refractivity contribution in [2.24, 2.45) is 0 Å². The van der Waals surface area contributed by atoms with E-state index in [0.29, 0.717) is 0 Å². The van der Waals surface area contributed by atoms with E-state index in [1.165, 1.54) is 23.9 Å². The lowest BCUT2D eigenvalue weighted by Gasteiger charge is -2.37. The van der Waals surface area contributed by atoms with Crippen LogP contribution in [0.5, 0.6) is 0 Å². The summed E-state index contributed by atoms with van der Waals surface area (Å²) >= 11 is 1.42. The highest BCUT2D eigenvalue weighted by molar-refractivity contribution is 7.99. The molecule has 2 aromatic carbocycles. The molecule has 0 aliphatic carbocycles. The number of nitrogens with zero attached hydrogens (tertiary/aromatic N) is 2. The van der Waals surface area contributed by atoms with Gasteiger partial charge in [0, 0.05) is 15.5 Å². The first-order chi connectivity index (χ1) is 9.06. The van der Waals surface area contributed by atoms with Crippen LogP contribution in [0.15, 0.2) is 58.3 Å². The lowest BCUT2D eigenvalue weighted by atomic mass is 10.3. The van der Waals surface area contributed by atoms with Gasteiger partial charge >= 0.3 is 0 Å². The molecule has 0 atom stereocenters. The smallest absolute Gasteiger partial charge is 0.0943 e. The summed E-state index contributed by atoms with van der Waals surface area (Å²) in [7, 11) is 0. The zero-order valence-corrected chi connectivity index (χ0v) is 10.4. The number of hydrogen-bond donors (Lipinski definition) is 2. The second-order valence-electron chi connectivity index (χ2n) is 3.64. The first kappa shape index (κ1) is 13.7. The van der Waals surface area contributed by atoms with Crippen LogP contribution in [0.2, 0.25) is 0 Å². The molecule has 0 fully saturated rings. The topological polar surface area (TPSA) is 93.1 Å². The molecule has 0 saturated carbocycles. The Hall–Kier alpha value is -1.77. The van der Waals surface area contributed by atoms with Crippen LogP contribution in [0, 0.1) is 10.4 Å². The number of anilines is 2. The van der Waals surface area contributed by atoms with E-state index >= 15 is 0 Å². The van der Waals surface area contributed by atoms with Crippen molar-refractivity contribution in [3.8, 4) is 0 Å². The molecule has 0 aliphatic heterocycles. The molecular weight excluding hydrogens is 268 g/mol. The van der Waals surface area contributed by atoms with Crippen LogP contribution >= 0.6 is 11.8 Å². The Balaban J connectivity index is 2.08. The summed E-state index contributed by atoms with van der Waals surface area (Å²) in [5.41, 5.74) is 0.309. The largest absolute Gasteiger partial charge is 0.769 e. The van der Waals surface area contributed by atoms with Crippen LogP contribution in [0.4, 0.5) is 11.4 Å². The minimum Gasteiger partial charge on any atom is -0.769 e. The summed E-state index contributed by atoms with van der Waals surface area (Å²) in [4.78, 5) is 1.75. The third-order valence-corrected chi connectivity index (χ3v) is 3.37. The van der Waals surface area contributed by atoms with E-state index < -0.39 is 5.23 Å². The molecule has 0 spiro atoms. The number of rotatable bonds is 4. The first-order valence-electron chi connectivity index (χ1n) is 5.26. The molecule has 2 aromatic rings. The van der Waals surface area contributed by atoms with Gasteiger partial charge in [-0.25, -0.2) is 0 Å². The second-order valence-corrected chi connectivity index (χ2v) is 4.78. The van der Waals surface area contributed by atoms with Crippen molar-refractivity contribution < 1.29 is 10.4 Å². The Bertz CT molecular complexity index is 479. The predicted molar refractivity (Wildman–Crippen MR) is 72.3 cm³/mol. The van der Waals surface area contributed by atoms with Crippen molar-refractivity contribution in [2.45, 2.75) is 9.79 Å². The van der Waals surface area contributed by atoms with Crippen molar-refractivity contribution in [3.63, 3.8) is 0 Å².